The summed E-state index contributed by atoms with van der Waals surface area (Å²) in [5, 5.41) is 0. The van der Waals surface area contributed by atoms with Gasteiger partial charge in [-0.2, -0.15) is 0 Å². The molecule has 0 atom stereocenters. The summed E-state index contributed by atoms with van der Waals surface area (Å²) < 4.78 is 6.62. The van der Waals surface area contributed by atoms with Crippen LogP contribution in [-0.2, 0) is 16.1 Å². The Morgan fingerprint density at radius 1 is 1.39 bits per heavy atom. The Morgan fingerprint density at radius 3 is 2.78 bits per heavy atom. The third-order valence-electron chi connectivity index (χ3n) is 2.50. The molecule has 4 heteroatoms. The zero-order valence-corrected chi connectivity index (χ0v) is 10.1. The third-order valence-corrected chi connectivity index (χ3v) is 2.50. The monoisotopic (exact) mass is 242 g/mol. The van der Waals surface area contributed by atoms with Crippen molar-refractivity contribution in [1.29, 1.82) is 0 Å². The second-order valence-electron chi connectivity index (χ2n) is 3.81. The summed E-state index contributed by atoms with van der Waals surface area (Å²) in [6.45, 7) is 0.446. The van der Waals surface area contributed by atoms with Crippen LogP contribution in [0.3, 0.4) is 0 Å². The molecule has 0 aliphatic rings. The predicted molar refractivity (Wildman–Crippen MR) is 68.7 cm³/mol. The molecule has 1 heterocycles. The van der Waals surface area contributed by atoms with Crippen LogP contribution in [0, 0.1) is 0 Å². The van der Waals surface area contributed by atoms with Gasteiger partial charge in [0.2, 0.25) is 0 Å². The molecule has 2 aromatic rings. The number of esters is 1. The van der Waals surface area contributed by atoms with Gasteiger partial charge in [0.1, 0.15) is 0 Å². The number of ether oxygens (including phenoxy) is 1. The highest BCUT2D eigenvalue weighted by atomic mass is 16.5. The maximum absolute atomic E-state index is 11.7. The molecule has 18 heavy (non-hydrogen) atoms. The van der Waals surface area contributed by atoms with Crippen molar-refractivity contribution in [3.63, 3.8) is 0 Å². The van der Waals surface area contributed by atoms with Gasteiger partial charge in [-0.3, -0.25) is 0 Å². The second-order valence-corrected chi connectivity index (χ2v) is 3.81. The fourth-order valence-electron chi connectivity index (χ4n) is 1.63. The normalized spacial score (nSPS) is 11.3. The number of carbonyl (C=O) groups excluding carboxylic acids is 1. The van der Waals surface area contributed by atoms with Crippen LogP contribution in [0.1, 0.15) is 5.56 Å². The van der Waals surface area contributed by atoms with E-state index in [9.17, 15) is 4.79 Å². The van der Waals surface area contributed by atoms with Crippen molar-refractivity contribution < 1.29 is 9.53 Å². The molecular formula is C14H14N2O2. The highest BCUT2D eigenvalue weighted by Crippen LogP contribution is 2.10. The molecule has 0 spiro atoms. The first kappa shape index (κ1) is 12.1. The molecule has 4 nitrogen and oxygen atoms in total. The highest BCUT2D eigenvalue weighted by molar-refractivity contribution is 5.93. The van der Waals surface area contributed by atoms with Crippen molar-refractivity contribution in [2.24, 2.45) is 0 Å². The molecule has 1 aromatic heterocycles. The lowest BCUT2D eigenvalue weighted by molar-refractivity contribution is -0.136. The van der Waals surface area contributed by atoms with Crippen molar-refractivity contribution >= 4 is 12.0 Å². The molecule has 1 aromatic carbocycles. The van der Waals surface area contributed by atoms with E-state index in [-0.39, 0.29) is 5.97 Å². The first-order valence-corrected chi connectivity index (χ1v) is 5.59. The average molecular weight is 242 g/mol. The van der Waals surface area contributed by atoms with E-state index in [0.717, 1.165) is 5.56 Å². The summed E-state index contributed by atoms with van der Waals surface area (Å²) in [6, 6.07) is 9.68. The number of hydrogen-bond acceptors (Lipinski definition) is 3. The molecule has 0 bridgehead atoms. The second kappa shape index (κ2) is 5.82. The smallest absolute Gasteiger partial charge is 0.335 e. The van der Waals surface area contributed by atoms with E-state index in [1.807, 2.05) is 47.2 Å². The predicted octanol–water partition coefficient (Wildman–Crippen LogP) is 2.14. The number of methoxy groups -OCH3 is 1. The summed E-state index contributed by atoms with van der Waals surface area (Å²) in [5.74, 6) is -0.326. The lowest BCUT2D eigenvalue weighted by Crippen LogP contribution is -2.10. The van der Waals surface area contributed by atoms with Crippen molar-refractivity contribution in [2.75, 3.05) is 7.11 Å². The van der Waals surface area contributed by atoms with Crippen molar-refractivity contribution in [3.8, 4) is 0 Å². The van der Waals surface area contributed by atoms with Gasteiger partial charge < -0.3 is 9.30 Å². The molecule has 0 amide bonds. The Balaban J connectivity index is 2.25. The van der Waals surface area contributed by atoms with Gasteiger partial charge in [-0.25, -0.2) is 9.78 Å². The lowest BCUT2D eigenvalue weighted by Gasteiger charge is -2.06. The number of carbonyl (C=O) groups is 1. The lowest BCUT2D eigenvalue weighted by atomic mass is 10.1. The molecule has 0 fully saturated rings. The van der Waals surface area contributed by atoms with E-state index < -0.39 is 0 Å². The maximum atomic E-state index is 11.7. The van der Waals surface area contributed by atoms with Gasteiger partial charge in [0.25, 0.3) is 0 Å². The van der Waals surface area contributed by atoms with Crippen molar-refractivity contribution in [1.82, 2.24) is 9.55 Å². The fourth-order valence-corrected chi connectivity index (χ4v) is 1.63. The molecule has 0 N–H and O–H groups in total. The Kier molecular flexibility index (Phi) is 3.91. The van der Waals surface area contributed by atoms with E-state index in [0.29, 0.717) is 12.1 Å². The van der Waals surface area contributed by atoms with Crippen LogP contribution in [0.5, 0.6) is 0 Å². The molecule has 0 radical (unpaired) electrons. The van der Waals surface area contributed by atoms with Gasteiger partial charge in [0.05, 0.1) is 25.6 Å². The van der Waals surface area contributed by atoms with Crippen LogP contribution in [-0.4, -0.2) is 22.6 Å². The number of benzene rings is 1. The molecule has 2 rings (SSSR count). The Morgan fingerprint density at radius 2 is 2.17 bits per heavy atom. The van der Waals surface area contributed by atoms with Crippen LogP contribution in [0.15, 0.2) is 54.6 Å². The van der Waals surface area contributed by atoms with E-state index in [2.05, 4.69) is 4.98 Å². The number of nitrogens with zero attached hydrogens (tertiary/aromatic N) is 2. The SMILES string of the molecule is COC(=O)/C(=C/c1ccccc1)Cn1ccnc1. The summed E-state index contributed by atoms with van der Waals surface area (Å²) in [7, 11) is 1.38. The number of imidazole rings is 1. The Hall–Kier alpha value is -2.36. The number of aromatic nitrogens is 2. The van der Waals surface area contributed by atoms with Crippen molar-refractivity contribution in [2.45, 2.75) is 6.54 Å². The molecule has 0 aliphatic carbocycles. The minimum atomic E-state index is -0.326. The van der Waals surface area contributed by atoms with E-state index >= 15 is 0 Å². The minimum Gasteiger partial charge on any atom is -0.466 e. The van der Waals surface area contributed by atoms with Crippen LogP contribution in [0.2, 0.25) is 0 Å². The summed E-state index contributed by atoms with van der Waals surface area (Å²) in [4.78, 5) is 15.7. The molecular weight excluding hydrogens is 228 g/mol. The van der Waals surface area contributed by atoms with E-state index in [4.69, 9.17) is 4.74 Å². The van der Waals surface area contributed by atoms with Gasteiger partial charge >= 0.3 is 5.97 Å². The average Bonchev–Trinajstić information content (AvgIpc) is 2.91. The zero-order chi connectivity index (χ0) is 12.8. The standard InChI is InChI=1S/C14H14N2O2/c1-18-14(17)13(10-16-8-7-15-11-16)9-12-5-3-2-4-6-12/h2-9,11H,10H2,1H3/b13-9+. The molecule has 0 saturated carbocycles. The van der Waals surface area contributed by atoms with Gasteiger partial charge in [-0.05, 0) is 11.6 Å². The maximum Gasteiger partial charge on any atom is 0.335 e. The van der Waals surface area contributed by atoms with E-state index in [1.54, 1.807) is 12.5 Å². The Bertz CT molecular complexity index is 530. The highest BCUT2D eigenvalue weighted by Gasteiger charge is 2.10. The first-order chi connectivity index (χ1) is 8.79. The van der Waals surface area contributed by atoms with Gasteiger partial charge in [0, 0.05) is 12.4 Å². The first-order valence-electron chi connectivity index (χ1n) is 5.59. The molecule has 0 aliphatic heterocycles. The van der Waals surface area contributed by atoms with E-state index in [1.165, 1.54) is 7.11 Å². The fraction of sp³-hybridized carbons (Fsp3) is 0.143. The van der Waals surface area contributed by atoms with Crippen LogP contribution < -0.4 is 0 Å². The van der Waals surface area contributed by atoms with Crippen LogP contribution >= 0.6 is 0 Å². The summed E-state index contributed by atoms with van der Waals surface area (Å²) in [5.41, 5.74) is 1.56. The molecule has 0 unspecified atom stereocenters. The quantitative estimate of drug-likeness (QED) is 0.609. The molecule has 92 valence electrons. The van der Waals surface area contributed by atoms with Crippen LogP contribution in [0.25, 0.3) is 6.08 Å². The molecule has 0 saturated heterocycles. The van der Waals surface area contributed by atoms with Crippen LogP contribution in [0.4, 0.5) is 0 Å². The number of rotatable bonds is 4. The summed E-state index contributed by atoms with van der Waals surface area (Å²) >= 11 is 0. The van der Waals surface area contributed by atoms with Gasteiger partial charge in [-0.15, -0.1) is 0 Å². The van der Waals surface area contributed by atoms with Gasteiger partial charge in [0.15, 0.2) is 0 Å². The summed E-state index contributed by atoms with van der Waals surface area (Å²) in [6.07, 6.45) is 6.98. The largest absolute Gasteiger partial charge is 0.466 e. The Labute approximate surface area is 106 Å². The third kappa shape index (κ3) is 3.07. The van der Waals surface area contributed by atoms with Crippen molar-refractivity contribution in [3.05, 3.63) is 60.2 Å². The minimum absolute atomic E-state index is 0.326. The zero-order valence-electron chi connectivity index (χ0n) is 10.1. The number of hydrogen-bond donors (Lipinski definition) is 0. The van der Waals surface area contributed by atoms with Gasteiger partial charge in [-0.1, -0.05) is 30.3 Å². The topological polar surface area (TPSA) is 44.1 Å².